The third kappa shape index (κ3) is 5.09. The van der Waals surface area contributed by atoms with E-state index in [2.05, 4.69) is 10.2 Å². The van der Waals surface area contributed by atoms with Crippen molar-refractivity contribution in [3.63, 3.8) is 0 Å². The Balaban J connectivity index is 1.65. The molecule has 6 heteroatoms. The second-order valence-corrected chi connectivity index (χ2v) is 6.64. The molecule has 1 unspecified atom stereocenters. The Morgan fingerprint density at radius 1 is 1.38 bits per heavy atom. The molecule has 1 aliphatic rings. The van der Waals surface area contributed by atoms with Gasteiger partial charge in [0.05, 0.1) is 38.3 Å². The Bertz CT molecular complexity index is 709. The summed E-state index contributed by atoms with van der Waals surface area (Å²) in [4.78, 5) is 14.7. The highest BCUT2D eigenvalue weighted by Gasteiger charge is 2.22. The maximum absolute atomic E-state index is 12.6. The number of anilines is 1. The number of rotatable bonds is 8. The van der Waals surface area contributed by atoms with Crippen LogP contribution in [0.1, 0.15) is 24.2 Å². The minimum Gasteiger partial charge on any atom is -0.495 e. The van der Waals surface area contributed by atoms with Crippen molar-refractivity contribution in [2.45, 2.75) is 32.4 Å². The van der Waals surface area contributed by atoms with Gasteiger partial charge in [0, 0.05) is 13.2 Å². The molecule has 26 heavy (non-hydrogen) atoms. The van der Waals surface area contributed by atoms with E-state index in [1.165, 1.54) is 0 Å². The molecule has 2 aromatic rings. The van der Waals surface area contributed by atoms with Crippen molar-refractivity contribution in [1.29, 1.82) is 0 Å². The molecule has 1 aromatic heterocycles. The van der Waals surface area contributed by atoms with Gasteiger partial charge in [-0.1, -0.05) is 6.07 Å². The van der Waals surface area contributed by atoms with Crippen molar-refractivity contribution >= 4 is 11.6 Å². The maximum Gasteiger partial charge on any atom is 0.238 e. The third-order valence-corrected chi connectivity index (χ3v) is 4.44. The van der Waals surface area contributed by atoms with Crippen LogP contribution in [0.25, 0.3) is 0 Å². The van der Waals surface area contributed by atoms with Crippen LogP contribution in [0.2, 0.25) is 0 Å². The Kier molecular flexibility index (Phi) is 6.30. The normalized spacial score (nSPS) is 16.8. The number of hydrogen-bond acceptors (Lipinski definition) is 5. The van der Waals surface area contributed by atoms with Gasteiger partial charge in [-0.25, -0.2) is 0 Å². The van der Waals surface area contributed by atoms with Crippen LogP contribution in [0.4, 0.5) is 5.69 Å². The van der Waals surface area contributed by atoms with Gasteiger partial charge in [0.1, 0.15) is 11.5 Å². The van der Waals surface area contributed by atoms with Crippen molar-refractivity contribution in [3.8, 4) is 5.75 Å². The number of ether oxygens (including phenoxy) is 2. The van der Waals surface area contributed by atoms with Crippen LogP contribution in [0.15, 0.2) is 41.0 Å². The number of carbonyl (C=O) groups is 1. The zero-order chi connectivity index (χ0) is 18.4. The lowest BCUT2D eigenvalue weighted by atomic mass is 10.2. The molecule has 1 fully saturated rings. The lowest BCUT2D eigenvalue weighted by Crippen LogP contribution is -2.37. The molecule has 1 aliphatic heterocycles. The van der Waals surface area contributed by atoms with Crippen LogP contribution in [-0.4, -0.2) is 43.7 Å². The molecule has 1 aromatic carbocycles. The van der Waals surface area contributed by atoms with E-state index in [0.29, 0.717) is 24.5 Å². The molecule has 140 valence electrons. The fourth-order valence-electron chi connectivity index (χ4n) is 3.20. The SMILES string of the molecule is COc1ccc(C)cc1NC(=O)CN(Cc1ccco1)CC1CCCO1. The summed E-state index contributed by atoms with van der Waals surface area (Å²) in [6, 6.07) is 9.50. The van der Waals surface area contributed by atoms with E-state index in [0.717, 1.165) is 30.8 Å². The molecule has 0 saturated carbocycles. The quantitative estimate of drug-likeness (QED) is 0.785. The Morgan fingerprint density at radius 3 is 2.96 bits per heavy atom. The van der Waals surface area contributed by atoms with Gasteiger partial charge in [-0.15, -0.1) is 0 Å². The standard InChI is InChI=1S/C20H26N2O4/c1-15-7-8-19(24-2)18(11-15)21-20(23)14-22(12-16-5-3-9-25-16)13-17-6-4-10-26-17/h3,5,7-9,11,17H,4,6,10,12-14H2,1-2H3,(H,21,23). The van der Waals surface area contributed by atoms with Gasteiger partial charge in [-0.05, 0) is 49.6 Å². The van der Waals surface area contributed by atoms with E-state index in [-0.39, 0.29) is 18.6 Å². The van der Waals surface area contributed by atoms with E-state index in [1.807, 2.05) is 37.3 Å². The highest BCUT2D eigenvalue weighted by atomic mass is 16.5. The van der Waals surface area contributed by atoms with Crippen LogP contribution in [0, 0.1) is 6.92 Å². The Morgan fingerprint density at radius 2 is 2.27 bits per heavy atom. The molecule has 1 atom stereocenters. The first-order valence-electron chi connectivity index (χ1n) is 8.95. The van der Waals surface area contributed by atoms with Crippen molar-refractivity contribution < 1.29 is 18.7 Å². The smallest absolute Gasteiger partial charge is 0.238 e. The van der Waals surface area contributed by atoms with Crippen LogP contribution in [0.5, 0.6) is 5.75 Å². The summed E-state index contributed by atoms with van der Waals surface area (Å²) in [5.74, 6) is 1.41. The number of benzene rings is 1. The van der Waals surface area contributed by atoms with E-state index in [4.69, 9.17) is 13.9 Å². The number of aryl methyl sites for hydroxylation is 1. The molecule has 0 bridgehead atoms. The van der Waals surface area contributed by atoms with Gasteiger partial charge in [0.15, 0.2) is 0 Å². The maximum atomic E-state index is 12.6. The predicted octanol–water partition coefficient (Wildman–Crippen LogP) is 3.22. The summed E-state index contributed by atoms with van der Waals surface area (Å²) in [5.41, 5.74) is 1.75. The van der Waals surface area contributed by atoms with Crippen molar-refractivity contribution in [2.75, 3.05) is 32.1 Å². The molecule has 0 radical (unpaired) electrons. The summed E-state index contributed by atoms with van der Waals surface area (Å²) < 4.78 is 16.5. The molecule has 2 heterocycles. The molecule has 0 spiro atoms. The first-order chi connectivity index (χ1) is 12.6. The molecule has 0 aliphatic carbocycles. The predicted molar refractivity (Wildman–Crippen MR) is 99.3 cm³/mol. The number of carbonyl (C=O) groups excluding carboxylic acids is 1. The van der Waals surface area contributed by atoms with Crippen LogP contribution >= 0.6 is 0 Å². The highest BCUT2D eigenvalue weighted by Crippen LogP contribution is 2.25. The minimum absolute atomic E-state index is 0.0848. The molecular weight excluding hydrogens is 332 g/mol. The average Bonchev–Trinajstić information content (AvgIpc) is 3.29. The zero-order valence-electron chi connectivity index (χ0n) is 15.4. The van der Waals surface area contributed by atoms with E-state index in [1.54, 1.807) is 13.4 Å². The van der Waals surface area contributed by atoms with Crippen LogP contribution in [0.3, 0.4) is 0 Å². The number of hydrogen-bond donors (Lipinski definition) is 1. The van der Waals surface area contributed by atoms with Gasteiger partial charge >= 0.3 is 0 Å². The Hall–Kier alpha value is -2.31. The molecule has 1 N–H and O–H groups in total. The first kappa shape index (κ1) is 18.5. The van der Waals surface area contributed by atoms with E-state index in [9.17, 15) is 4.79 Å². The van der Waals surface area contributed by atoms with Crippen LogP contribution in [-0.2, 0) is 16.1 Å². The van der Waals surface area contributed by atoms with Gasteiger partial charge in [-0.2, -0.15) is 0 Å². The average molecular weight is 358 g/mol. The van der Waals surface area contributed by atoms with Gasteiger partial charge in [0.25, 0.3) is 0 Å². The second-order valence-electron chi connectivity index (χ2n) is 6.64. The summed E-state index contributed by atoms with van der Waals surface area (Å²) >= 11 is 0. The van der Waals surface area contributed by atoms with Gasteiger partial charge in [-0.3, -0.25) is 9.69 Å². The molecule has 6 nitrogen and oxygen atoms in total. The van der Waals surface area contributed by atoms with E-state index >= 15 is 0 Å². The number of nitrogens with one attached hydrogen (secondary N) is 1. The number of amides is 1. The topological polar surface area (TPSA) is 63.9 Å². The van der Waals surface area contributed by atoms with E-state index < -0.39 is 0 Å². The van der Waals surface area contributed by atoms with Crippen molar-refractivity contribution in [2.24, 2.45) is 0 Å². The molecule has 1 amide bonds. The summed E-state index contributed by atoms with van der Waals surface area (Å²) in [6.45, 7) is 4.32. The minimum atomic E-state index is -0.0848. The monoisotopic (exact) mass is 358 g/mol. The fraction of sp³-hybridized carbons (Fsp3) is 0.450. The second kappa shape index (κ2) is 8.87. The van der Waals surface area contributed by atoms with Crippen LogP contribution < -0.4 is 10.1 Å². The van der Waals surface area contributed by atoms with Crippen molar-refractivity contribution in [1.82, 2.24) is 4.90 Å². The molecule has 1 saturated heterocycles. The zero-order valence-corrected chi connectivity index (χ0v) is 15.4. The summed E-state index contributed by atoms with van der Waals surface area (Å²) in [7, 11) is 1.60. The molecular formula is C20H26N2O4. The lowest BCUT2D eigenvalue weighted by molar-refractivity contribution is -0.117. The largest absolute Gasteiger partial charge is 0.495 e. The number of furan rings is 1. The number of methoxy groups -OCH3 is 1. The van der Waals surface area contributed by atoms with Gasteiger partial charge in [0.2, 0.25) is 5.91 Å². The third-order valence-electron chi connectivity index (χ3n) is 4.44. The highest BCUT2D eigenvalue weighted by molar-refractivity contribution is 5.93. The summed E-state index contributed by atoms with van der Waals surface area (Å²) in [5, 5.41) is 2.96. The Labute approximate surface area is 154 Å². The lowest BCUT2D eigenvalue weighted by Gasteiger charge is -2.24. The fourth-order valence-corrected chi connectivity index (χ4v) is 3.20. The first-order valence-corrected chi connectivity index (χ1v) is 8.95. The van der Waals surface area contributed by atoms with Gasteiger partial charge < -0.3 is 19.2 Å². The molecule has 3 rings (SSSR count). The van der Waals surface area contributed by atoms with Crippen molar-refractivity contribution in [3.05, 3.63) is 47.9 Å². The number of nitrogens with zero attached hydrogens (tertiary/aromatic N) is 1. The summed E-state index contributed by atoms with van der Waals surface area (Å²) in [6.07, 6.45) is 3.93.